The van der Waals surface area contributed by atoms with E-state index in [1.807, 2.05) is 4.90 Å². The van der Waals surface area contributed by atoms with Crippen molar-refractivity contribution in [2.75, 3.05) is 18.0 Å². The van der Waals surface area contributed by atoms with Crippen LogP contribution in [0.5, 0.6) is 0 Å². The van der Waals surface area contributed by atoms with E-state index >= 15 is 0 Å². The van der Waals surface area contributed by atoms with E-state index in [4.69, 9.17) is 0 Å². The van der Waals surface area contributed by atoms with Gasteiger partial charge in [0, 0.05) is 19.3 Å². The lowest BCUT2D eigenvalue weighted by Crippen LogP contribution is -2.39. The Kier molecular flexibility index (Phi) is 3.82. The zero-order chi connectivity index (χ0) is 16.8. The molecule has 1 aliphatic rings. The largest absolute Gasteiger partial charge is 0.419 e. The van der Waals surface area contributed by atoms with E-state index in [2.05, 4.69) is 11.9 Å². The molecular weight excluding hydrogens is 307 g/mol. The molecule has 1 fully saturated rings. The lowest BCUT2D eigenvalue weighted by atomic mass is 10.00. The molecule has 3 heterocycles. The summed E-state index contributed by atoms with van der Waals surface area (Å²) in [5.74, 6) is 0.449. The summed E-state index contributed by atoms with van der Waals surface area (Å²) in [6, 6.07) is 2.18. The molecule has 124 valence electrons. The second-order valence-electron chi connectivity index (χ2n) is 6.16. The van der Waals surface area contributed by atoms with Crippen LogP contribution < -0.4 is 10.5 Å². The number of halogens is 3. The Morgan fingerprint density at radius 3 is 2.74 bits per heavy atom. The van der Waals surface area contributed by atoms with Gasteiger partial charge in [-0.1, -0.05) is 6.92 Å². The van der Waals surface area contributed by atoms with Gasteiger partial charge in [0.15, 0.2) is 5.65 Å². The van der Waals surface area contributed by atoms with Gasteiger partial charge in [0.25, 0.3) is 5.56 Å². The summed E-state index contributed by atoms with van der Waals surface area (Å²) >= 11 is 0. The van der Waals surface area contributed by atoms with E-state index in [1.54, 1.807) is 6.92 Å². The molecule has 0 radical (unpaired) electrons. The zero-order valence-electron chi connectivity index (χ0n) is 13.0. The van der Waals surface area contributed by atoms with E-state index in [0.717, 1.165) is 36.4 Å². The average Bonchev–Trinajstić information content (AvgIpc) is 2.46. The molecule has 1 atom stereocenters. The summed E-state index contributed by atoms with van der Waals surface area (Å²) in [5, 5.41) is 0. The summed E-state index contributed by atoms with van der Waals surface area (Å²) in [4.78, 5) is 18.8. The molecule has 0 N–H and O–H groups in total. The van der Waals surface area contributed by atoms with Crippen LogP contribution in [0.4, 0.5) is 18.9 Å². The minimum absolute atomic E-state index is 0.337. The minimum atomic E-state index is -4.54. The van der Waals surface area contributed by atoms with Crippen molar-refractivity contribution in [1.29, 1.82) is 0 Å². The zero-order valence-corrected chi connectivity index (χ0v) is 13.0. The number of fused-ring (bicyclic) bond motifs is 1. The van der Waals surface area contributed by atoms with E-state index in [1.165, 1.54) is 12.3 Å². The summed E-state index contributed by atoms with van der Waals surface area (Å²) < 4.78 is 40.4. The number of pyridine rings is 1. The monoisotopic (exact) mass is 325 g/mol. The van der Waals surface area contributed by atoms with Crippen LogP contribution in [-0.2, 0) is 6.18 Å². The van der Waals surface area contributed by atoms with Crippen LogP contribution in [-0.4, -0.2) is 22.5 Å². The van der Waals surface area contributed by atoms with E-state index in [-0.39, 0.29) is 5.65 Å². The lowest BCUT2D eigenvalue weighted by Gasteiger charge is -2.33. The van der Waals surface area contributed by atoms with Crippen molar-refractivity contribution in [2.45, 2.75) is 32.9 Å². The first-order valence-electron chi connectivity index (χ1n) is 7.63. The van der Waals surface area contributed by atoms with E-state index in [0.29, 0.717) is 17.3 Å². The predicted octanol–water partition coefficient (Wildman–Crippen LogP) is 3.26. The van der Waals surface area contributed by atoms with Gasteiger partial charge in [-0.3, -0.25) is 9.20 Å². The van der Waals surface area contributed by atoms with Crippen LogP contribution >= 0.6 is 0 Å². The molecule has 4 nitrogen and oxygen atoms in total. The predicted molar refractivity (Wildman–Crippen MR) is 81.8 cm³/mol. The first-order chi connectivity index (χ1) is 10.8. The molecule has 0 bridgehead atoms. The highest BCUT2D eigenvalue weighted by atomic mass is 19.4. The Labute approximate surface area is 131 Å². The molecule has 2 aromatic heterocycles. The van der Waals surface area contributed by atoms with Gasteiger partial charge in [-0.05, 0) is 37.8 Å². The number of piperidine rings is 1. The van der Waals surface area contributed by atoms with E-state index in [9.17, 15) is 18.0 Å². The van der Waals surface area contributed by atoms with Gasteiger partial charge in [0.05, 0.1) is 11.3 Å². The number of nitrogens with zero attached hydrogens (tertiary/aromatic N) is 3. The molecule has 0 saturated carbocycles. The summed E-state index contributed by atoms with van der Waals surface area (Å²) in [7, 11) is 0. The Morgan fingerprint density at radius 1 is 1.35 bits per heavy atom. The fraction of sp³-hybridized carbons (Fsp3) is 0.500. The van der Waals surface area contributed by atoms with Gasteiger partial charge in [-0.15, -0.1) is 0 Å². The van der Waals surface area contributed by atoms with Gasteiger partial charge in [-0.2, -0.15) is 13.2 Å². The Bertz CT molecular complexity index is 797. The molecule has 1 aliphatic heterocycles. The number of anilines is 1. The lowest BCUT2D eigenvalue weighted by molar-refractivity contribution is -0.136. The smallest absolute Gasteiger partial charge is 0.365 e. The number of hydrogen-bond acceptors (Lipinski definition) is 3. The third-order valence-corrected chi connectivity index (χ3v) is 4.28. The van der Waals surface area contributed by atoms with Crippen molar-refractivity contribution in [2.24, 2.45) is 5.92 Å². The molecule has 23 heavy (non-hydrogen) atoms. The minimum Gasteiger partial charge on any atom is -0.365 e. The quantitative estimate of drug-likeness (QED) is 0.808. The average molecular weight is 325 g/mol. The van der Waals surface area contributed by atoms with Gasteiger partial charge < -0.3 is 4.90 Å². The molecular formula is C16H18F3N3O. The topological polar surface area (TPSA) is 37.6 Å². The van der Waals surface area contributed by atoms with Gasteiger partial charge >= 0.3 is 6.18 Å². The SMILES string of the molecule is Cc1nc2c(C(F)(F)F)cccn2c(=O)c1N1CCCC(C)C1. The standard InChI is InChI=1S/C16H18F3N3O/c1-10-5-3-7-21(9-10)13-11(2)20-14-12(16(17,18)19)6-4-8-22(14)15(13)23/h4,6,8,10H,3,5,7,9H2,1-2H3. The maximum absolute atomic E-state index is 13.1. The number of alkyl halides is 3. The molecule has 1 unspecified atom stereocenters. The third kappa shape index (κ3) is 2.80. The highest BCUT2D eigenvalue weighted by molar-refractivity contribution is 5.57. The Morgan fingerprint density at radius 2 is 2.09 bits per heavy atom. The van der Waals surface area contributed by atoms with Gasteiger partial charge in [0.1, 0.15) is 5.69 Å². The highest BCUT2D eigenvalue weighted by Gasteiger charge is 2.34. The van der Waals surface area contributed by atoms with Crippen LogP contribution in [0.2, 0.25) is 0 Å². The van der Waals surface area contributed by atoms with Crippen molar-refractivity contribution < 1.29 is 13.2 Å². The van der Waals surface area contributed by atoms with Crippen LogP contribution in [0.15, 0.2) is 23.1 Å². The van der Waals surface area contributed by atoms with Crippen molar-refractivity contribution in [3.63, 3.8) is 0 Å². The highest BCUT2D eigenvalue weighted by Crippen LogP contribution is 2.32. The first kappa shape index (κ1) is 15.8. The molecule has 0 aromatic carbocycles. The van der Waals surface area contributed by atoms with E-state index < -0.39 is 17.3 Å². The van der Waals surface area contributed by atoms with Crippen LogP contribution in [0, 0.1) is 12.8 Å². The van der Waals surface area contributed by atoms with Crippen molar-refractivity contribution in [3.8, 4) is 0 Å². The Balaban J connectivity index is 2.21. The van der Waals surface area contributed by atoms with Crippen LogP contribution in [0.1, 0.15) is 31.0 Å². The molecule has 7 heteroatoms. The van der Waals surface area contributed by atoms with Crippen molar-refractivity contribution in [3.05, 3.63) is 39.9 Å². The fourth-order valence-electron chi connectivity index (χ4n) is 3.24. The van der Waals surface area contributed by atoms with Crippen LogP contribution in [0.25, 0.3) is 5.65 Å². The second kappa shape index (κ2) is 5.54. The van der Waals surface area contributed by atoms with Gasteiger partial charge in [0.2, 0.25) is 0 Å². The summed E-state index contributed by atoms with van der Waals surface area (Å²) in [6.45, 7) is 5.16. The first-order valence-corrected chi connectivity index (χ1v) is 7.63. The normalized spacial score (nSPS) is 19.3. The number of aryl methyl sites for hydroxylation is 1. The second-order valence-corrected chi connectivity index (χ2v) is 6.16. The molecule has 0 amide bonds. The summed E-state index contributed by atoms with van der Waals surface area (Å²) in [6.07, 6.45) is -1.14. The molecule has 3 rings (SSSR count). The molecule has 0 aliphatic carbocycles. The Hall–Kier alpha value is -2.05. The maximum atomic E-state index is 13.1. The number of aromatic nitrogens is 2. The third-order valence-electron chi connectivity index (χ3n) is 4.28. The number of hydrogen-bond donors (Lipinski definition) is 0. The van der Waals surface area contributed by atoms with Crippen molar-refractivity contribution >= 4 is 11.3 Å². The van der Waals surface area contributed by atoms with Gasteiger partial charge in [-0.25, -0.2) is 4.98 Å². The molecule has 0 spiro atoms. The fourth-order valence-corrected chi connectivity index (χ4v) is 3.24. The molecule has 1 saturated heterocycles. The maximum Gasteiger partial charge on any atom is 0.419 e. The summed E-state index contributed by atoms with van der Waals surface area (Å²) in [5.41, 5.74) is -0.906. The number of rotatable bonds is 1. The van der Waals surface area contributed by atoms with Crippen molar-refractivity contribution in [1.82, 2.24) is 9.38 Å². The molecule has 2 aromatic rings. The van der Waals surface area contributed by atoms with Crippen LogP contribution in [0.3, 0.4) is 0 Å².